The minimum absolute atomic E-state index is 0.315. The quantitative estimate of drug-likeness (QED) is 0.681. The van der Waals surface area contributed by atoms with Crippen LogP contribution in [0.5, 0.6) is 0 Å². The molecule has 1 fully saturated rings. The van der Waals surface area contributed by atoms with Gasteiger partial charge in [-0.1, -0.05) is 0 Å². The summed E-state index contributed by atoms with van der Waals surface area (Å²) in [5.74, 6) is 1.06. The number of nitriles is 1. The van der Waals surface area contributed by atoms with Crippen molar-refractivity contribution in [2.45, 2.75) is 6.10 Å². The molecule has 2 N–H and O–H groups in total. The van der Waals surface area contributed by atoms with E-state index in [1.54, 1.807) is 7.05 Å². The lowest BCUT2D eigenvalue weighted by Gasteiger charge is -2.37. The van der Waals surface area contributed by atoms with E-state index in [-0.39, 0.29) is 6.10 Å². The normalized spacial score (nSPS) is 15.7. The highest BCUT2D eigenvalue weighted by Gasteiger charge is 2.27. The molecule has 0 radical (unpaired) electrons. The largest absolute Gasteiger partial charge is 0.389 e. The number of nitrogens with zero attached hydrogens (tertiary/aromatic N) is 4. The molecule has 0 spiro atoms. The SMILES string of the molecule is CNc1ncc(C#N)c(N2CC(O)C2)n1. The topological polar surface area (TPSA) is 85.1 Å². The number of hydrogen-bond donors (Lipinski definition) is 2. The Morgan fingerprint density at radius 1 is 1.67 bits per heavy atom. The van der Waals surface area contributed by atoms with Gasteiger partial charge in [0.15, 0.2) is 5.82 Å². The van der Waals surface area contributed by atoms with E-state index in [4.69, 9.17) is 5.26 Å². The summed E-state index contributed by atoms with van der Waals surface area (Å²) in [6.07, 6.45) is 1.17. The van der Waals surface area contributed by atoms with Gasteiger partial charge < -0.3 is 15.3 Å². The monoisotopic (exact) mass is 205 g/mol. The summed E-state index contributed by atoms with van der Waals surface area (Å²) < 4.78 is 0. The number of anilines is 2. The first-order valence-electron chi connectivity index (χ1n) is 4.62. The zero-order valence-corrected chi connectivity index (χ0v) is 8.30. The Balaban J connectivity index is 2.31. The maximum absolute atomic E-state index is 9.19. The van der Waals surface area contributed by atoms with Crippen LogP contribution in [0.15, 0.2) is 6.20 Å². The van der Waals surface area contributed by atoms with Crippen LogP contribution < -0.4 is 10.2 Å². The highest BCUT2D eigenvalue weighted by atomic mass is 16.3. The van der Waals surface area contributed by atoms with Gasteiger partial charge in [0.2, 0.25) is 5.95 Å². The number of aliphatic hydroxyl groups excluding tert-OH is 1. The molecule has 1 saturated heterocycles. The van der Waals surface area contributed by atoms with Gasteiger partial charge in [0.25, 0.3) is 0 Å². The van der Waals surface area contributed by atoms with Crippen LogP contribution in [0.25, 0.3) is 0 Å². The molecule has 0 unspecified atom stereocenters. The van der Waals surface area contributed by atoms with Crippen molar-refractivity contribution in [1.82, 2.24) is 9.97 Å². The van der Waals surface area contributed by atoms with Gasteiger partial charge in [0.1, 0.15) is 11.6 Å². The number of aliphatic hydroxyl groups is 1. The fourth-order valence-electron chi connectivity index (χ4n) is 1.44. The molecule has 2 heterocycles. The van der Waals surface area contributed by atoms with E-state index >= 15 is 0 Å². The van der Waals surface area contributed by atoms with Crippen molar-refractivity contribution in [2.24, 2.45) is 0 Å². The molecule has 1 aliphatic rings. The van der Waals surface area contributed by atoms with E-state index in [1.165, 1.54) is 6.20 Å². The van der Waals surface area contributed by atoms with Crippen LogP contribution in [0, 0.1) is 11.3 Å². The van der Waals surface area contributed by atoms with Crippen LogP contribution in [0.1, 0.15) is 5.56 Å². The summed E-state index contributed by atoms with van der Waals surface area (Å²) in [7, 11) is 1.72. The summed E-state index contributed by atoms with van der Waals surface area (Å²) >= 11 is 0. The molecular weight excluding hydrogens is 194 g/mol. The fourth-order valence-corrected chi connectivity index (χ4v) is 1.44. The molecule has 1 aromatic heterocycles. The zero-order valence-electron chi connectivity index (χ0n) is 8.30. The lowest BCUT2D eigenvalue weighted by molar-refractivity contribution is 0.141. The van der Waals surface area contributed by atoms with E-state index in [9.17, 15) is 5.11 Å². The first-order chi connectivity index (χ1) is 7.24. The van der Waals surface area contributed by atoms with Gasteiger partial charge in [0.05, 0.1) is 12.3 Å². The minimum Gasteiger partial charge on any atom is -0.389 e. The highest BCUT2D eigenvalue weighted by Crippen LogP contribution is 2.22. The lowest BCUT2D eigenvalue weighted by Crippen LogP contribution is -2.51. The van der Waals surface area contributed by atoms with Crippen molar-refractivity contribution in [3.05, 3.63) is 11.8 Å². The van der Waals surface area contributed by atoms with E-state index in [0.29, 0.717) is 30.4 Å². The smallest absolute Gasteiger partial charge is 0.224 e. The second-order valence-corrected chi connectivity index (χ2v) is 3.35. The Bertz CT molecular complexity index is 407. The average Bonchev–Trinajstić information content (AvgIpc) is 2.24. The van der Waals surface area contributed by atoms with E-state index < -0.39 is 0 Å². The van der Waals surface area contributed by atoms with Crippen molar-refractivity contribution < 1.29 is 5.11 Å². The molecule has 0 saturated carbocycles. The summed E-state index contributed by atoms with van der Waals surface area (Å²) in [5.41, 5.74) is 0.431. The van der Waals surface area contributed by atoms with Crippen molar-refractivity contribution in [1.29, 1.82) is 5.26 Å². The second kappa shape index (κ2) is 3.71. The molecular formula is C9H11N5O. The number of β-amino-alcohol motifs (C(OH)–C–C–N with tert-alkyl or cyclic N) is 1. The molecule has 1 aromatic rings. The predicted octanol–water partition coefficient (Wildman–Crippen LogP) is -0.429. The number of nitrogens with one attached hydrogen (secondary N) is 1. The van der Waals surface area contributed by atoms with Crippen LogP contribution in [0.3, 0.4) is 0 Å². The van der Waals surface area contributed by atoms with Crippen LogP contribution in [-0.4, -0.2) is 41.3 Å². The Labute approximate surface area is 87.2 Å². The van der Waals surface area contributed by atoms with Gasteiger partial charge in [-0.2, -0.15) is 10.2 Å². The van der Waals surface area contributed by atoms with E-state index in [2.05, 4.69) is 15.3 Å². The highest BCUT2D eigenvalue weighted by molar-refractivity contribution is 5.56. The summed E-state index contributed by atoms with van der Waals surface area (Å²) in [4.78, 5) is 10.00. The maximum Gasteiger partial charge on any atom is 0.224 e. The van der Waals surface area contributed by atoms with Crippen molar-refractivity contribution in [2.75, 3.05) is 30.4 Å². The molecule has 15 heavy (non-hydrogen) atoms. The van der Waals surface area contributed by atoms with Gasteiger partial charge >= 0.3 is 0 Å². The van der Waals surface area contributed by atoms with E-state index in [1.807, 2.05) is 11.0 Å². The zero-order chi connectivity index (χ0) is 10.8. The molecule has 78 valence electrons. The van der Waals surface area contributed by atoms with Gasteiger partial charge in [-0.3, -0.25) is 0 Å². The first kappa shape index (κ1) is 9.68. The fraction of sp³-hybridized carbons (Fsp3) is 0.444. The third kappa shape index (κ3) is 1.69. The minimum atomic E-state index is -0.315. The Kier molecular flexibility index (Phi) is 2.39. The summed E-state index contributed by atoms with van der Waals surface area (Å²) in [6, 6.07) is 2.03. The van der Waals surface area contributed by atoms with Crippen molar-refractivity contribution in [3.8, 4) is 6.07 Å². The summed E-state index contributed by atoms with van der Waals surface area (Å²) in [5, 5.41) is 20.9. The molecule has 1 aliphatic heterocycles. The van der Waals surface area contributed by atoms with Gasteiger partial charge in [-0.25, -0.2) is 4.98 Å². The molecule has 0 bridgehead atoms. The molecule has 0 aliphatic carbocycles. The average molecular weight is 205 g/mol. The van der Waals surface area contributed by atoms with Crippen molar-refractivity contribution in [3.63, 3.8) is 0 Å². The number of hydrogen-bond acceptors (Lipinski definition) is 6. The lowest BCUT2D eigenvalue weighted by atomic mass is 10.1. The molecule has 0 aromatic carbocycles. The van der Waals surface area contributed by atoms with E-state index in [0.717, 1.165) is 0 Å². The third-order valence-corrected chi connectivity index (χ3v) is 2.27. The van der Waals surface area contributed by atoms with Gasteiger partial charge in [-0.05, 0) is 0 Å². The van der Waals surface area contributed by atoms with Crippen LogP contribution in [0.2, 0.25) is 0 Å². The summed E-state index contributed by atoms with van der Waals surface area (Å²) in [6.45, 7) is 1.05. The second-order valence-electron chi connectivity index (χ2n) is 3.35. The Hall–Kier alpha value is -1.87. The van der Waals surface area contributed by atoms with Crippen LogP contribution in [0.4, 0.5) is 11.8 Å². The van der Waals surface area contributed by atoms with Gasteiger partial charge in [0, 0.05) is 20.1 Å². The molecule has 6 heteroatoms. The number of aromatic nitrogens is 2. The number of rotatable bonds is 2. The Morgan fingerprint density at radius 3 is 2.93 bits per heavy atom. The van der Waals surface area contributed by atoms with Crippen molar-refractivity contribution >= 4 is 11.8 Å². The standard InChI is InChI=1S/C9H11N5O/c1-11-9-12-3-6(2-10)8(13-9)14-4-7(15)5-14/h3,7,15H,4-5H2,1H3,(H,11,12,13). The Morgan fingerprint density at radius 2 is 2.40 bits per heavy atom. The predicted molar refractivity (Wildman–Crippen MR) is 54.5 cm³/mol. The molecule has 0 atom stereocenters. The van der Waals surface area contributed by atoms with Gasteiger partial charge in [-0.15, -0.1) is 0 Å². The molecule has 2 rings (SSSR count). The first-order valence-corrected chi connectivity index (χ1v) is 4.62. The third-order valence-electron chi connectivity index (χ3n) is 2.27. The van der Waals surface area contributed by atoms with Crippen LogP contribution >= 0.6 is 0 Å². The molecule has 6 nitrogen and oxygen atoms in total. The molecule has 0 amide bonds. The van der Waals surface area contributed by atoms with Crippen LogP contribution in [-0.2, 0) is 0 Å². The maximum atomic E-state index is 9.19.